The van der Waals surface area contributed by atoms with Crippen LogP contribution in [0, 0.1) is 0 Å². The molecule has 0 radical (unpaired) electrons. The molecule has 0 spiro atoms. The van der Waals surface area contributed by atoms with E-state index in [-0.39, 0.29) is 5.91 Å². The molecule has 2 aromatic carbocycles. The first-order chi connectivity index (χ1) is 10.7. The van der Waals surface area contributed by atoms with E-state index in [2.05, 4.69) is 17.1 Å². The standard InChI is InChI=1S/C17H15ClN2O2/c1-2-10-22-16-9-4-3-8-15(16)17(21)20-19-12-13-6-5-7-14(18)11-13/h2-9,11-12H,1,10H2,(H,20,21)/b19-12+. The van der Waals surface area contributed by atoms with Gasteiger partial charge >= 0.3 is 0 Å². The van der Waals surface area contributed by atoms with Crippen LogP contribution in [0.15, 0.2) is 66.3 Å². The number of benzene rings is 2. The molecule has 0 saturated heterocycles. The van der Waals surface area contributed by atoms with Crippen LogP contribution in [0.25, 0.3) is 0 Å². The highest BCUT2D eigenvalue weighted by atomic mass is 35.5. The molecule has 0 heterocycles. The van der Waals surface area contributed by atoms with E-state index in [1.165, 1.54) is 6.21 Å². The number of nitrogens with zero attached hydrogens (tertiary/aromatic N) is 1. The van der Waals surface area contributed by atoms with Gasteiger partial charge in [-0.15, -0.1) is 0 Å². The molecule has 5 heteroatoms. The predicted molar refractivity (Wildman–Crippen MR) is 88.6 cm³/mol. The predicted octanol–water partition coefficient (Wildman–Crippen LogP) is 3.67. The van der Waals surface area contributed by atoms with Crippen LogP contribution in [0.4, 0.5) is 0 Å². The highest BCUT2D eigenvalue weighted by Crippen LogP contribution is 2.17. The third-order valence-corrected chi connectivity index (χ3v) is 2.95. The van der Waals surface area contributed by atoms with Gasteiger partial charge in [0.1, 0.15) is 12.4 Å². The molecule has 1 N–H and O–H groups in total. The number of nitrogens with one attached hydrogen (secondary N) is 1. The third-order valence-electron chi connectivity index (χ3n) is 2.72. The Hall–Kier alpha value is -2.59. The number of amides is 1. The molecule has 22 heavy (non-hydrogen) atoms. The van der Waals surface area contributed by atoms with Crippen molar-refractivity contribution in [2.75, 3.05) is 6.61 Å². The molecule has 0 fully saturated rings. The van der Waals surface area contributed by atoms with Crippen LogP contribution in [0.3, 0.4) is 0 Å². The van der Waals surface area contributed by atoms with Crippen molar-refractivity contribution in [1.82, 2.24) is 5.43 Å². The summed E-state index contributed by atoms with van der Waals surface area (Å²) >= 11 is 5.88. The number of ether oxygens (including phenoxy) is 1. The Morgan fingerprint density at radius 3 is 2.86 bits per heavy atom. The fourth-order valence-corrected chi connectivity index (χ4v) is 1.94. The molecule has 0 aliphatic carbocycles. The third kappa shape index (κ3) is 4.46. The first kappa shape index (κ1) is 15.8. The molecular formula is C17H15ClN2O2. The van der Waals surface area contributed by atoms with Crippen molar-refractivity contribution in [3.05, 3.63) is 77.3 Å². The number of carbonyl (C=O) groups excluding carboxylic acids is 1. The Morgan fingerprint density at radius 2 is 2.09 bits per heavy atom. The van der Waals surface area contributed by atoms with Crippen LogP contribution >= 0.6 is 11.6 Å². The van der Waals surface area contributed by atoms with Gasteiger partial charge in [0.15, 0.2) is 0 Å². The van der Waals surface area contributed by atoms with Gasteiger partial charge in [-0.3, -0.25) is 4.79 Å². The van der Waals surface area contributed by atoms with Crippen molar-refractivity contribution < 1.29 is 9.53 Å². The van der Waals surface area contributed by atoms with Gasteiger partial charge in [0.2, 0.25) is 0 Å². The number of hydrogen-bond donors (Lipinski definition) is 1. The second-order valence-electron chi connectivity index (χ2n) is 4.35. The number of rotatable bonds is 6. The summed E-state index contributed by atoms with van der Waals surface area (Å²) in [5.41, 5.74) is 3.67. The van der Waals surface area contributed by atoms with Gasteiger partial charge in [-0.1, -0.05) is 48.5 Å². The monoisotopic (exact) mass is 314 g/mol. The Kier molecular flexibility index (Phi) is 5.74. The van der Waals surface area contributed by atoms with Crippen molar-refractivity contribution >= 4 is 23.7 Å². The van der Waals surface area contributed by atoms with E-state index >= 15 is 0 Å². The molecule has 2 rings (SSSR count). The van der Waals surface area contributed by atoms with Gasteiger partial charge in [-0.2, -0.15) is 5.10 Å². The molecule has 0 bridgehead atoms. The zero-order valence-corrected chi connectivity index (χ0v) is 12.6. The van der Waals surface area contributed by atoms with Gasteiger partial charge in [-0.05, 0) is 29.8 Å². The van der Waals surface area contributed by atoms with E-state index in [9.17, 15) is 4.79 Å². The maximum Gasteiger partial charge on any atom is 0.275 e. The molecule has 0 aliphatic rings. The summed E-state index contributed by atoms with van der Waals surface area (Å²) < 4.78 is 5.44. The van der Waals surface area contributed by atoms with Gasteiger partial charge in [0.05, 0.1) is 11.8 Å². The average molecular weight is 315 g/mol. The molecule has 0 atom stereocenters. The van der Waals surface area contributed by atoms with E-state index in [4.69, 9.17) is 16.3 Å². The molecule has 0 unspecified atom stereocenters. The minimum absolute atomic E-state index is 0.329. The zero-order valence-electron chi connectivity index (χ0n) is 11.8. The molecule has 0 aliphatic heterocycles. The number of hydrogen-bond acceptors (Lipinski definition) is 3. The second kappa shape index (κ2) is 8.00. The minimum atomic E-state index is -0.349. The molecule has 0 saturated carbocycles. The molecular weight excluding hydrogens is 300 g/mol. The van der Waals surface area contributed by atoms with Crippen LogP contribution < -0.4 is 10.2 Å². The molecule has 1 amide bonds. The van der Waals surface area contributed by atoms with Gasteiger partial charge in [0.25, 0.3) is 5.91 Å². The molecule has 0 aromatic heterocycles. The summed E-state index contributed by atoms with van der Waals surface area (Å²) in [6.07, 6.45) is 3.14. The Balaban J connectivity index is 2.04. The summed E-state index contributed by atoms with van der Waals surface area (Å²) in [7, 11) is 0. The number of hydrazone groups is 1. The van der Waals surface area contributed by atoms with Gasteiger partial charge in [0, 0.05) is 5.02 Å². The largest absolute Gasteiger partial charge is 0.489 e. The van der Waals surface area contributed by atoms with Crippen LogP contribution in [0.2, 0.25) is 5.02 Å². The fourth-order valence-electron chi connectivity index (χ4n) is 1.74. The van der Waals surface area contributed by atoms with Gasteiger partial charge in [-0.25, -0.2) is 5.43 Å². The molecule has 112 valence electrons. The SMILES string of the molecule is C=CCOc1ccccc1C(=O)N/N=C/c1cccc(Cl)c1. The van der Waals surface area contributed by atoms with E-state index < -0.39 is 0 Å². The van der Waals surface area contributed by atoms with E-state index in [1.807, 2.05) is 12.1 Å². The maximum atomic E-state index is 12.1. The van der Waals surface area contributed by atoms with Crippen molar-refractivity contribution in [3.63, 3.8) is 0 Å². The summed E-state index contributed by atoms with van der Waals surface area (Å²) in [4.78, 5) is 12.1. The number of carbonyl (C=O) groups is 1. The minimum Gasteiger partial charge on any atom is -0.489 e. The van der Waals surface area contributed by atoms with Gasteiger partial charge < -0.3 is 4.74 Å². The quantitative estimate of drug-likeness (QED) is 0.502. The van der Waals surface area contributed by atoms with Crippen molar-refractivity contribution in [2.24, 2.45) is 5.10 Å². The first-order valence-corrected chi connectivity index (χ1v) is 7.00. The van der Waals surface area contributed by atoms with E-state index in [0.29, 0.717) is 22.9 Å². The zero-order chi connectivity index (χ0) is 15.8. The van der Waals surface area contributed by atoms with Crippen LogP contribution in [-0.2, 0) is 0 Å². The summed E-state index contributed by atoms with van der Waals surface area (Å²) in [6, 6.07) is 14.1. The molecule has 2 aromatic rings. The Morgan fingerprint density at radius 1 is 1.27 bits per heavy atom. The van der Waals surface area contributed by atoms with Crippen LogP contribution in [-0.4, -0.2) is 18.7 Å². The Bertz CT molecular complexity index is 699. The van der Waals surface area contributed by atoms with E-state index in [0.717, 1.165) is 5.56 Å². The lowest BCUT2D eigenvalue weighted by Crippen LogP contribution is -2.18. The lowest BCUT2D eigenvalue weighted by Gasteiger charge is -2.08. The van der Waals surface area contributed by atoms with E-state index in [1.54, 1.807) is 42.5 Å². The lowest BCUT2D eigenvalue weighted by atomic mass is 10.2. The Labute approximate surface area is 134 Å². The molecule has 4 nitrogen and oxygen atoms in total. The summed E-state index contributed by atoms with van der Waals surface area (Å²) in [6.45, 7) is 3.91. The smallest absolute Gasteiger partial charge is 0.275 e. The number of halogens is 1. The fraction of sp³-hybridized carbons (Fsp3) is 0.0588. The first-order valence-electron chi connectivity index (χ1n) is 6.62. The lowest BCUT2D eigenvalue weighted by molar-refractivity contribution is 0.0951. The van der Waals surface area contributed by atoms with Crippen molar-refractivity contribution in [1.29, 1.82) is 0 Å². The average Bonchev–Trinajstić information content (AvgIpc) is 2.53. The van der Waals surface area contributed by atoms with Crippen LogP contribution in [0.1, 0.15) is 15.9 Å². The normalized spacial score (nSPS) is 10.4. The maximum absolute atomic E-state index is 12.1. The highest BCUT2D eigenvalue weighted by molar-refractivity contribution is 6.30. The number of para-hydroxylation sites is 1. The van der Waals surface area contributed by atoms with Crippen LogP contribution in [0.5, 0.6) is 5.75 Å². The second-order valence-corrected chi connectivity index (χ2v) is 4.79. The summed E-state index contributed by atoms with van der Waals surface area (Å²) in [5, 5.41) is 4.53. The highest BCUT2D eigenvalue weighted by Gasteiger charge is 2.10. The van der Waals surface area contributed by atoms with Crippen molar-refractivity contribution in [3.8, 4) is 5.75 Å². The van der Waals surface area contributed by atoms with Crippen molar-refractivity contribution in [2.45, 2.75) is 0 Å². The topological polar surface area (TPSA) is 50.7 Å². The summed E-state index contributed by atoms with van der Waals surface area (Å²) in [5.74, 6) is 0.135.